The Balaban J connectivity index is 3.22. The first-order chi connectivity index (χ1) is 8.81. The summed E-state index contributed by atoms with van der Waals surface area (Å²) in [6.45, 7) is 4.67. The van der Waals surface area contributed by atoms with Gasteiger partial charge in [-0.3, -0.25) is 4.89 Å². The number of carbonyl (C=O) groups is 1. The van der Waals surface area contributed by atoms with E-state index in [1.807, 2.05) is 6.08 Å². The summed E-state index contributed by atoms with van der Waals surface area (Å²) >= 11 is 0. The highest BCUT2D eigenvalue weighted by Crippen LogP contribution is 2.03. The second-order valence-electron chi connectivity index (χ2n) is 4.52. The molecule has 0 unspecified atom stereocenters. The minimum absolute atomic E-state index is 0.264. The summed E-state index contributed by atoms with van der Waals surface area (Å²) in [6.07, 6.45) is 13.7. The van der Waals surface area contributed by atoms with Crippen LogP contribution < -0.4 is 0 Å². The molecule has 0 heterocycles. The average Bonchev–Trinajstić information content (AvgIpc) is 2.37. The third-order valence-electron chi connectivity index (χ3n) is 2.69. The van der Waals surface area contributed by atoms with Crippen molar-refractivity contribution in [2.75, 3.05) is 6.61 Å². The van der Waals surface area contributed by atoms with Crippen molar-refractivity contribution in [3.05, 3.63) is 12.2 Å². The zero-order valence-electron chi connectivity index (χ0n) is 12.0. The van der Waals surface area contributed by atoms with Gasteiger partial charge in [-0.05, 0) is 19.3 Å². The lowest BCUT2D eigenvalue weighted by Crippen LogP contribution is -2.05. The van der Waals surface area contributed by atoms with E-state index in [-0.39, 0.29) is 5.97 Å². The lowest BCUT2D eigenvalue weighted by molar-refractivity contribution is -0.265. The molecule has 0 rings (SSSR count). The van der Waals surface area contributed by atoms with E-state index in [4.69, 9.17) is 4.89 Å². The highest BCUT2D eigenvalue weighted by molar-refractivity contribution is 5.68. The van der Waals surface area contributed by atoms with Crippen molar-refractivity contribution in [3.63, 3.8) is 0 Å². The molecule has 0 atom stereocenters. The van der Waals surface area contributed by atoms with E-state index in [0.29, 0.717) is 13.0 Å². The van der Waals surface area contributed by atoms with Gasteiger partial charge in [-0.2, -0.15) is 4.89 Å². The second-order valence-corrected chi connectivity index (χ2v) is 4.52. The highest BCUT2D eigenvalue weighted by atomic mass is 17.2. The van der Waals surface area contributed by atoms with Gasteiger partial charge in [0.2, 0.25) is 0 Å². The Hall–Kier alpha value is -0.830. The zero-order valence-corrected chi connectivity index (χ0v) is 12.0. The topological polar surface area (TPSA) is 35.5 Å². The fourth-order valence-electron chi connectivity index (χ4n) is 1.57. The first kappa shape index (κ1) is 17.2. The van der Waals surface area contributed by atoms with Crippen molar-refractivity contribution in [1.29, 1.82) is 0 Å². The van der Waals surface area contributed by atoms with Gasteiger partial charge in [-0.15, -0.1) is 0 Å². The van der Waals surface area contributed by atoms with Crippen LogP contribution in [0.25, 0.3) is 0 Å². The first-order valence-corrected chi connectivity index (χ1v) is 7.28. The standard InChI is InChI=1S/C15H28O3/c1-3-5-7-8-9-10-12-14-17-18-15(16)13-11-6-4-2/h10,12H,3-9,11,13-14H2,1-2H3/b12-10+. The van der Waals surface area contributed by atoms with E-state index >= 15 is 0 Å². The average molecular weight is 256 g/mol. The van der Waals surface area contributed by atoms with Gasteiger partial charge in [0.1, 0.15) is 6.61 Å². The molecular formula is C15H28O3. The minimum atomic E-state index is -0.264. The van der Waals surface area contributed by atoms with Crippen LogP contribution in [0.3, 0.4) is 0 Å². The fourth-order valence-corrected chi connectivity index (χ4v) is 1.57. The summed E-state index contributed by atoms with van der Waals surface area (Å²) in [5, 5.41) is 0. The molecular weight excluding hydrogens is 228 g/mol. The molecule has 0 N–H and O–H groups in total. The molecule has 3 heteroatoms. The summed E-state index contributed by atoms with van der Waals surface area (Å²) in [7, 11) is 0. The molecule has 0 fully saturated rings. The van der Waals surface area contributed by atoms with E-state index in [2.05, 4.69) is 24.8 Å². The summed E-state index contributed by atoms with van der Waals surface area (Å²) in [5.41, 5.74) is 0. The Morgan fingerprint density at radius 1 is 0.944 bits per heavy atom. The van der Waals surface area contributed by atoms with Crippen molar-refractivity contribution in [1.82, 2.24) is 0 Å². The number of hydrogen-bond acceptors (Lipinski definition) is 3. The van der Waals surface area contributed by atoms with Crippen LogP contribution in [-0.4, -0.2) is 12.6 Å². The molecule has 106 valence electrons. The summed E-state index contributed by atoms with van der Waals surface area (Å²) in [6, 6.07) is 0. The maximum atomic E-state index is 11.2. The molecule has 0 saturated heterocycles. The molecule has 0 aliphatic carbocycles. The lowest BCUT2D eigenvalue weighted by atomic mass is 10.1. The third-order valence-corrected chi connectivity index (χ3v) is 2.69. The predicted octanol–water partition coefficient (Wildman–Crippen LogP) is 4.57. The maximum absolute atomic E-state index is 11.2. The van der Waals surface area contributed by atoms with Crippen molar-refractivity contribution in [2.45, 2.75) is 71.6 Å². The Morgan fingerprint density at radius 2 is 1.67 bits per heavy atom. The molecule has 0 radical (unpaired) electrons. The van der Waals surface area contributed by atoms with Crippen LogP contribution >= 0.6 is 0 Å². The van der Waals surface area contributed by atoms with Crippen LogP contribution in [-0.2, 0) is 14.6 Å². The van der Waals surface area contributed by atoms with Gasteiger partial charge >= 0.3 is 5.97 Å². The van der Waals surface area contributed by atoms with E-state index < -0.39 is 0 Å². The molecule has 0 aliphatic heterocycles. The van der Waals surface area contributed by atoms with Gasteiger partial charge in [0.25, 0.3) is 0 Å². The van der Waals surface area contributed by atoms with E-state index in [1.54, 1.807) is 0 Å². The van der Waals surface area contributed by atoms with Crippen molar-refractivity contribution < 1.29 is 14.6 Å². The van der Waals surface area contributed by atoms with Gasteiger partial charge in [-0.25, -0.2) is 4.79 Å². The quantitative estimate of drug-likeness (QED) is 0.222. The van der Waals surface area contributed by atoms with Crippen LogP contribution in [0.2, 0.25) is 0 Å². The molecule has 0 bridgehead atoms. The number of carbonyl (C=O) groups excluding carboxylic acids is 1. The van der Waals surface area contributed by atoms with Crippen molar-refractivity contribution in [2.24, 2.45) is 0 Å². The zero-order chi connectivity index (χ0) is 13.5. The van der Waals surface area contributed by atoms with Crippen molar-refractivity contribution in [3.8, 4) is 0 Å². The number of allylic oxidation sites excluding steroid dienone is 1. The smallest absolute Gasteiger partial charge is 0.298 e. The summed E-state index contributed by atoms with van der Waals surface area (Å²) in [4.78, 5) is 20.6. The first-order valence-electron chi connectivity index (χ1n) is 7.28. The van der Waals surface area contributed by atoms with E-state index in [0.717, 1.165) is 25.7 Å². The minimum Gasteiger partial charge on any atom is -0.298 e. The van der Waals surface area contributed by atoms with Gasteiger partial charge in [-0.1, -0.05) is 58.1 Å². The van der Waals surface area contributed by atoms with Crippen LogP contribution in [0, 0.1) is 0 Å². The largest absolute Gasteiger partial charge is 0.342 e. The monoisotopic (exact) mass is 256 g/mol. The van der Waals surface area contributed by atoms with Gasteiger partial charge in [0.05, 0.1) is 0 Å². The van der Waals surface area contributed by atoms with E-state index in [1.165, 1.54) is 25.7 Å². The highest BCUT2D eigenvalue weighted by Gasteiger charge is 2.01. The van der Waals surface area contributed by atoms with E-state index in [9.17, 15) is 4.79 Å². The van der Waals surface area contributed by atoms with Gasteiger partial charge in [0.15, 0.2) is 0 Å². The number of rotatable bonds is 12. The van der Waals surface area contributed by atoms with Gasteiger partial charge < -0.3 is 0 Å². The maximum Gasteiger partial charge on any atom is 0.342 e. The molecule has 0 spiro atoms. The molecule has 0 aromatic rings. The Morgan fingerprint density at radius 3 is 2.39 bits per heavy atom. The Labute approximate surface area is 111 Å². The van der Waals surface area contributed by atoms with Crippen LogP contribution in [0.1, 0.15) is 71.6 Å². The van der Waals surface area contributed by atoms with Crippen molar-refractivity contribution >= 4 is 5.97 Å². The molecule has 18 heavy (non-hydrogen) atoms. The lowest BCUT2D eigenvalue weighted by Gasteiger charge is -2.00. The summed E-state index contributed by atoms with van der Waals surface area (Å²) < 4.78 is 0. The fraction of sp³-hybridized carbons (Fsp3) is 0.800. The van der Waals surface area contributed by atoms with Crippen LogP contribution in [0.15, 0.2) is 12.2 Å². The third kappa shape index (κ3) is 13.2. The predicted molar refractivity (Wildman–Crippen MR) is 74.1 cm³/mol. The Bertz CT molecular complexity index is 212. The molecule has 0 aliphatic rings. The molecule has 0 aromatic heterocycles. The Kier molecular flexibility index (Phi) is 13.6. The van der Waals surface area contributed by atoms with Crippen LogP contribution in [0.5, 0.6) is 0 Å². The number of hydrogen-bond donors (Lipinski definition) is 0. The summed E-state index contributed by atoms with van der Waals surface area (Å²) in [5.74, 6) is -0.264. The molecule has 0 saturated carbocycles. The molecule has 0 amide bonds. The molecule has 3 nitrogen and oxygen atoms in total. The SMILES string of the molecule is CCCCCC/C=C/COOC(=O)CCCCC. The van der Waals surface area contributed by atoms with Crippen LogP contribution in [0.4, 0.5) is 0 Å². The van der Waals surface area contributed by atoms with Gasteiger partial charge in [0, 0.05) is 6.42 Å². The normalized spacial score (nSPS) is 11.0. The molecule has 0 aromatic carbocycles. The number of unbranched alkanes of at least 4 members (excludes halogenated alkanes) is 6. The second kappa shape index (κ2) is 14.2.